The highest BCUT2D eigenvalue weighted by Crippen LogP contribution is 2.28. The molecule has 24 heteroatoms. The van der Waals surface area contributed by atoms with Crippen molar-refractivity contribution in [3.63, 3.8) is 0 Å². The van der Waals surface area contributed by atoms with Crippen molar-refractivity contribution in [3.05, 3.63) is 301 Å². The molecule has 0 unspecified atom stereocenters. The summed E-state index contributed by atoms with van der Waals surface area (Å²) in [5, 5.41) is 12.5. The molecule has 0 amide bonds. The van der Waals surface area contributed by atoms with Crippen molar-refractivity contribution >= 4 is 88.1 Å². The zero-order valence-corrected chi connectivity index (χ0v) is 62.3. The third-order valence-electron chi connectivity index (χ3n) is 17.2. The first-order valence-corrected chi connectivity index (χ1v) is 35.5. The molecule has 548 valence electrons. The van der Waals surface area contributed by atoms with E-state index in [0.29, 0.717) is 32.9 Å². The van der Waals surface area contributed by atoms with Gasteiger partial charge >= 0.3 is 22.5 Å². The predicted octanol–water partition coefficient (Wildman–Crippen LogP) is 10.8. The minimum Gasteiger partial charge on any atom is -1.00 e. The molecule has 3 N–H and O–H groups in total. The second kappa shape index (κ2) is 38.9. The van der Waals surface area contributed by atoms with Gasteiger partial charge in [0.1, 0.15) is 50.9 Å². The van der Waals surface area contributed by atoms with Crippen LogP contribution >= 0.6 is 15.9 Å². The fourth-order valence-corrected chi connectivity index (χ4v) is 11.7. The second-order valence-electron chi connectivity index (χ2n) is 24.4. The number of carbonyl (C=O) groups excluding carboxylic acids is 2. The Morgan fingerprint density at radius 1 is 0.500 bits per heavy atom. The third-order valence-corrected chi connectivity index (χ3v) is 17.8. The lowest BCUT2D eigenvalue weighted by molar-refractivity contribution is -0.689. The number of pyridine rings is 4. The van der Waals surface area contributed by atoms with E-state index in [2.05, 4.69) is 73.5 Å². The molecule has 2 aliphatic rings. The van der Waals surface area contributed by atoms with Crippen molar-refractivity contribution in [2.24, 2.45) is 0 Å². The Balaban J connectivity index is 0.000000151. The van der Waals surface area contributed by atoms with Gasteiger partial charge in [0.05, 0.1) is 16.5 Å². The topological polar surface area (TPSA) is 223 Å². The van der Waals surface area contributed by atoms with Gasteiger partial charge in [-0.05, 0) is 148 Å². The number of piperazine rings is 2. The summed E-state index contributed by atoms with van der Waals surface area (Å²) in [4.78, 5) is 80.4. The summed E-state index contributed by atoms with van der Waals surface area (Å²) in [5.74, 6) is -2.12. The Kier molecular flexibility index (Phi) is 29.1. The van der Waals surface area contributed by atoms with Crippen LogP contribution in [0.3, 0.4) is 0 Å². The molecule has 2 fully saturated rings. The molecule has 0 atom stereocenters. The van der Waals surface area contributed by atoms with Gasteiger partial charge in [-0.15, -0.1) is 0 Å². The van der Waals surface area contributed by atoms with Crippen LogP contribution in [0.4, 0.5) is 18.9 Å². The summed E-state index contributed by atoms with van der Waals surface area (Å²) in [6.07, 6.45) is 11.3. The Morgan fingerprint density at radius 3 is 1.35 bits per heavy atom. The van der Waals surface area contributed by atoms with Crippen molar-refractivity contribution in [2.75, 3.05) is 82.2 Å². The van der Waals surface area contributed by atoms with Gasteiger partial charge in [-0.2, -0.15) is 4.57 Å². The summed E-state index contributed by atoms with van der Waals surface area (Å²) in [7, 11) is 0. The average Bonchev–Trinajstić information content (AvgIpc) is 1.51. The number of nitrogens with one attached hydrogen (secondary N) is 3. The van der Waals surface area contributed by atoms with Gasteiger partial charge in [0.15, 0.2) is 17.7 Å². The van der Waals surface area contributed by atoms with E-state index in [1.807, 2.05) is 151 Å². The normalized spacial score (nSPS) is 12.4. The van der Waals surface area contributed by atoms with Crippen LogP contribution in [-0.4, -0.2) is 108 Å². The van der Waals surface area contributed by atoms with Gasteiger partial charge in [-0.3, -0.25) is 14.6 Å². The summed E-state index contributed by atoms with van der Waals surface area (Å²) in [6.45, 7) is 22.5. The average molecular weight is 1570 g/mol. The van der Waals surface area contributed by atoms with E-state index >= 15 is 0 Å². The highest BCUT2D eigenvalue weighted by atomic mass is 79.9. The molecule has 106 heavy (non-hydrogen) atoms. The van der Waals surface area contributed by atoms with Crippen LogP contribution in [0.1, 0.15) is 52.9 Å². The molecule has 2 aliphatic heterocycles. The highest BCUT2D eigenvalue weighted by Gasteiger charge is 2.21. The van der Waals surface area contributed by atoms with E-state index in [1.165, 1.54) is 68.2 Å². The third kappa shape index (κ3) is 21.5. The summed E-state index contributed by atoms with van der Waals surface area (Å²) < 4.78 is 65.6. The number of anilines is 1. The number of aryl methyl sites for hydroxylation is 2. The summed E-state index contributed by atoms with van der Waals surface area (Å²) >= 11 is 2.97. The maximum atomic E-state index is 13.2. The van der Waals surface area contributed by atoms with Crippen molar-refractivity contribution in [1.29, 1.82) is 0 Å². The van der Waals surface area contributed by atoms with Gasteiger partial charge in [0.2, 0.25) is 12.3 Å². The largest absolute Gasteiger partial charge is 1.00 e. The molecular formula is C82H80Br2F3N9O10. The second-order valence-corrected chi connectivity index (χ2v) is 24.9. The van der Waals surface area contributed by atoms with Crippen LogP contribution < -0.4 is 64.9 Å². The molecule has 14 aromatic rings. The van der Waals surface area contributed by atoms with Gasteiger partial charge in [0.25, 0.3) is 0 Å². The molecule has 16 rings (SSSR count). The smallest absolute Gasteiger partial charge is 0.347 e. The maximum Gasteiger partial charge on any atom is 0.347 e. The van der Waals surface area contributed by atoms with Crippen LogP contribution in [0, 0.1) is 31.3 Å². The molecule has 0 radical (unpaired) electrons. The quantitative estimate of drug-likeness (QED) is 0.0474. The van der Waals surface area contributed by atoms with Gasteiger partial charge < -0.3 is 69.2 Å². The van der Waals surface area contributed by atoms with E-state index in [9.17, 15) is 41.9 Å². The molecule has 0 spiro atoms. The van der Waals surface area contributed by atoms with E-state index in [-0.39, 0.29) is 73.9 Å². The molecule has 19 nitrogen and oxygen atoms in total. The molecule has 4 aromatic carbocycles. The van der Waals surface area contributed by atoms with Crippen LogP contribution in [0.5, 0.6) is 0 Å². The number of ketones is 2. The van der Waals surface area contributed by atoms with Crippen molar-refractivity contribution in [2.45, 2.75) is 41.2 Å². The Morgan fingerprint density at radius 2 is 0.934 bits per heavy atom. The number of Topliss-reactive ketones (excluding diaryl/α,β-unsaturated/α-hetero) is 2. The number of aromatic nitrogens is 4. The Labute approximate surface area is 627 Å². The number of benzene rings is 4. The first kappa shape index (κ1) is 79.4. The number of hydrogen-bond acceptors (Lipinski definition) is 16. The number of carbonyl (C=O) groups is 2. The lowest BCUT2D eigenvalue weighted by Gasteiger charge is -2.29. The number of halogens is 5. The fourth-order valence-electron chi connectivity index (χ4n) is 11.4. The van der Waals surface area contributed by atoms with Crippen LogP contribution in [0.2, 0.25) is 0 Å². The lowest BCUT2D eigenvalue weighted by atomic mass is 10.1. The zero-order chi connectivity index (χ0) is 74.4. The zero-order valence-electron chi connectivity index (χ0n) is 59.1. The van der Waals surface area contributed by atoms with Crippen LogP contribution in [0.25, 0.3) is 77.2 Å². The summed E-state index contributed by atoms with van der Waals surface area (Å²) in [5.41, 5.74) is 6.67. The van der Waals surface area contributed by atoms with E-state index < -0.39 is 34.3 Å². The summed E-state index contributed by atoms with van der Waals surface area (Å²) in [6, 6.07) is 51.6. The number of rotatable bonds is 11. The molecule has 12 heterocycles. The van der Waals surface area contributed by atoms with Gasteiger partial charge in [-0.1, -0.05) is 61.0 Å². The minimum atomic E-state index is -0.753. The first-order chi connectivity index (χ1) is 50.9. The van der Waals surface area contributed by atoms with Crippen molar-refractivity contribution < 1.29 is 62.0 Å². The Hall–Kier alpha value is -10.7. The molecule has 0 saturated carbocycles. The minimum absolute atomic E-state index is 0. The number of fused-ring (bicyclic) bond motifs is 6. The van der Waals surface area contributed by atoms with E-state index in [4.69, 9.17) is 17.7 Å². The van der Waals surface area contributed by atoms with Crippen molar-refractivity contribution in [1.82, 2.24) is 34.6 Å². The molecular weight excluding hydrogens is 1490 g/mol. The van der Waals surface area contributed by atoms with Crippen LogP contribution in [-0.2, 0) is 6.54 Å². The lowest BCUT2D eigenvalue weighted by Crippen LogP contribution is -3.00. The van der Waals surface area contributed by atoms with Crippen molar-refractivity contribution in [3.8, 4) is 22.3 Å². The predicted molar refractivity (Wildman–Crippen MR) is 410 cm³/mol. The molecule has 10 aromatic heterocycles. The van der Waals surface area contributed by atoms with E-state index in [1.54, 1.807) is 29.1 Å². The number of hydrogen-bond donors (Lipinski definition) is 3. The first-order valence-electron chi connectivity index (χ1n) is 34.4. The molecule has 2 saturated heterocycles. The van der Waals surface area contributed by atoms with Crippen LogP contribution in [0.15, 0.2) is 256 Å². The standard InChI is InChI=1S/C21H19N3O2.C17H13FNO3.C17H10FNO2.C11H6BrFO3.C6H7N.C6H15N.C4H10N2.BrH/c25-21-19(16-11-17-3-1-2-8-24(17)14-16)12-15-4-5-18(13-20(15)26-21)23-9-6-22-7-10-23;1-11-4-2-3-7-19(11)10-15(20)14-8-12-5-6-13(18)9-16(12)22-17(14)21;18-13-5-4-11-8-15(17(20)21-16(11)9-13)12-7-14-3-1-2-6-19(14)10-12;12-5-9(14)8-3-6-1-2-7(13)4-10(6)16-11(8)15;1-6-4-2-3-5-7-6;1-4-7(5-2)6-3;1-2-6-4-3-5-1;/h1-5,8,11-14,22H,6-7,9-10H2;2-9H,10H2,1H3;1-10H;1-4H,5H2;2-5H,1H3;4-6H2,1-3H3;5-6H,1-4H2;1H/q;+1;;;;;;/p-1. The number of alkyl halides is 1. The molecule has 0 bridgehead atoms. The highest BCUT2D eigenvalue weighted by molar-refractivity contribution is 9.09. The maximum absolute atomic E-state index is 13.2. The van der Waals surface area contributed by atoms with E-state index in [0.717, 1.165) is 109 Å². The fraction of sp³-hybridized carbons (Fsp3) is 0.220. The SMILES string of the molecule is C1CNCCN1.CCN(CC)CC.Cc1cccc[n+]1CC(=O)c1cc2ccc(F)cc2oc1=O.Cc1ccccn1.O=C(CBr)c1cc2ccc(F)cc2oc1=O.O=c1oc2cc(F)ccc2cc1-c1cc2ccccn2c1.O=c1oc2cc(N3CCNCC3)ccc2cc1-c1cc2ccccn2c1.[Br-]. The molecule has 0 aliphatic carbocycles. The van der Waals surface area contributed by atoms with Gasteiger partial charge in [0, 0.05) is 182 Å². The monoisotopic (exact) mass is 1570 g/mol. The number of nitrogens with zero attached hydrogens (tertiary/aromatic N) is 6. The van der Waals surface area contributed by atoms with Gasteiger partial charge in [-0.25, -0.2) is 32.3 Å². The Bertz CT molecular complexity index is 5470.